The Balaban J connectivity index is 2.41. The molecule has 1 unspecified atom stereocenters. The van der Waals surface area contributed by atoms with Gasteiger partial charge in [-0.25, -0.2) is 0 Å². The Labute approximate surface area is 97.9 Å². The predicted octanol–water partition coefficient (Wildman–Crippen LogP) is 3.79. The average Bonchev–Trinajstić information content (AvgIpc) is 2.48. The van der Waals surface area contributed by atoms with Gasteiger partial charge in [-0.1, -0.05) is 38.5 Å². The molecule has 0 heterocycles. The van der Waals surface area contributed by atoms with Gasteiger partial charge in [0.05, 0.1) is 0 Å². The van der Waals surface area contributed by atoms with Gasteiger partial charge in [0.1, 0.15) is 0 Å². The molecular formula is C15H20O. The van der Waals surface area contributed by atoms with E-state index in [0.29, 0.717) is 11.7 Å². The molecule has 0 spiro atoms. The molecule has 0 saturated heterocycles. The predicted molar refractivity (Wildman–Crippen MR) is 66.9 cm³/mol. The molecule has 0 radical (unpaired) electrons. The van der Waals surface area contributed by atoms with E-state index >= 15 is 0 Å². The van der Waals surface area contributed by atoms with Crippen LogP contribution in [0.2, 0.25) is 0 Å². The summed E-state index contributed by atoms with van der Waals surface area (Å²) in [5.74, 6) is 0.960. The summed E-state index contributed by atoms with van der Waals surface area (Å²) < 4.78 is 0. The maximum absolute atomic E-state index is 12.3. The third-order valence-electron chi connectivity index (χ3n) is 3.77. The number of hydrogen-bond donors (Lipinski definition) is 0. The summed E-state index contributed by atoms with van der Waals surface area (Å²) in [5, 5.41) is 0. The number of Topliss-reactive ketones (excluding diaryl/α,β-unsaturated/α-hetero) is 1. The summed E-state index contributed by atoms with van der Waals surface area (Å²) in [7, 11) is 0. The monoisotopic (exact) mass is 216 g/mol. The second-order valence-electron chi connectivity index (χ2n) is 4.75. The number of rotatable bonds is 2. The van der Waals surface area contributed by atoms with Gasteiger partial charge in [0, 0.05) is 12.0 Å². The molecule has 1 heteroatoms. The third kappa shape index (κ3) is 2.04. The highest BCUT2D eigenvalue weighted by atomic mass is 16.1. The Bertz CT molecular complexity index is 392. The maximum Gasteiger partial charge on any atom is 0.163 e. The SMILES string of the molecule is CCc1cccc2c1C(=O)CC(CC)CC2. The normalized spacial score (nSPS) is 20.4. The van der Waals surface area contributed by atoms with Gasteiger partial charge < -0.3 is 0 Å². The lowest BCUT2D eigenvalue weighted by Crippen LogP contribution is -2.07. The largest absolute Gasteiger partial charge is 0.294 e. The Morgan fingerprint density at radius 2 is 2.12 bits per heavy atom. The number of aryl methyl sites for hydroxylation is 2. The van der Waals surface area contributed by atoms with E-state index in [4.69, 9.17) is 0 Å². The highest BCUT2D eigenvalue weighted by molar-refractivity contribution is 5.99. The third-order valence-corrected chi connectivity index (χ3v) is 3.77. The van der Waals surface area contributed by atoms with Crippen molar-refractivity contribution in [3.05, 3.63) is 34.9 Å². The number of benzene rings is 1. The molecule has 1 nitrogen and oxygen atoms in total. The summed E-state index contributed by atoms with van der Waals surface area (Å²) in [5.41, 5.74) is 3.56. The van der Waals surface area contributed by atoms with Crippen molar-refractivity contribution in [2.45, 2.75) is 46.0 Å². The molecule has 1 aliphatic carbocycles. The average molecular weight is 216 g/mol. The van der Waals surface area contributed by atoms with Crippen molar-refractivity contribution >= 4 is 5.78 Å². The minimum absolute atomic E-state index is 0.372. The van der Waals surface area contributed by atoms with Gasteiger partial charge >= 0.3 is 0 Å². The van der Waals surface area contributed by atoms with E-state index in [2.05, 4.69) is 32.0 Å². The van der Waals surface area contributed by atoms with Crippen LogP contribution in [-0.4, -0.2) is 5.78 Å². The molecular weight excluding hydrogens is 196 g/mol. The lowest BCUT2D eigenvalue weighted by atomic mass is 9.94. The molecule has 86 valence electrons. The molecule has 0 N–H and O–H groups in total. The smallest absolute Gasteiger partial charge is 0.163 e. The molecule has 0 bridgehead atoms. The number of hydrogen-bond acceptors (Lipinski definition) is 1. The molecule has 1 atom stereocenters. The lowest BCUT2D eigenvalue weighted by Gasteiger charge is -2.09. The second-order valence-corrected chi connectivity index (χ2v) is 4.75. The fourth-order valence-corrected chi connectivity index (χ4v) is 2.69. The van der Waals surface area contributed by atoms with E-state index in [1.165, 1.54) is 17.5 Å². The van der Waals surface area contributed by atoms with Crippen LogP contribution in [0.25, 0.3) is 0 Å². The minimum Gasteiger partial charge on any atom is -0.294 e. The van der Waals surface area contributed by atoms with E-state index in [9.17, 15) is 4.79 Å². The van der Waals surface area contributed by atoms with Crippen molar-refractivity contribution in [2.75, 3.05) is 0 Å². The standard InChI is InChI=1S/C15H20O/c1-3-11-8-9-13-7-5-6-12(4-2)15(13)14(16)10-11/h5-7,11H,3-4,8-10H2,1-2H3. The minimum atomic E-state index is 0.372. The fourth-order valence-electron chi connectivity index (χ4n) is 2.69. The van der Waals surface area contributed by atoms with Crippen molar-refractivity contribution in [1.82, 2.24) is 0 Å². The van der Waals surface area contributed by atoms with E-state index < -0.39 is 0 Å². The molecule has 0 saturated carbocycles. The van der Waals surface area contributed by atoms with E-state index in [0.717, 1.165) is 31.2 Å². The summed E-state index contributed by atoms with van der Waals surface area (Å²) in [4.78, 5) is 12.3. The van der Waals surface area contributed by atoms with E-state index in [1.807, 2.05) is 0 Å². The highest BCUT2D eigenvalue weighted by Crippen LogP contribution is 2.28. The summed E-state index contributed by atoms with van der Waals surface area (Å²) >= 11 is 0. The van der Waals surface area contributed by atoms with Crippen LogP contribution in [0.4, 0.5) is 0 Å². The van der Waals surface area contributed by atoms with E-state index in [-0.39, 0.29) is 0 Å². The topological polar surface area (TPSA) is 17.1 Å². The Hall–Kier alpha value is -1.11. The summed E-state index contributed by atoms with van der Waals surface area (Å²) in [6.45, 7) is 4.32. The van der Waals surface area contributed by atoms with Crippen LogP contribution in [0, 0.1) is 5.92 Å². The zero-order valence-electron chi connectivity index (χ0n) is 10.3. The van der Waals surface area contributed by atoms with Crippen molar-refractivity contribution < 1.29 is 4.79 Å². The van der Waals surface area contributed by atoms with Crippen LogP contribution in [-0.2, 0) is 12.8 Å². The number of carbonyl (C=O) groups excluding carboxylic acids is 1. The molecule has 1 aliphatic rings. The summed E-state index contributed by atoms with van der Waals surface area (Å²) in [6, 6.07) is 6.32. The molecule has 2 rings (SSSR count). The molecule has 0 amide bonds. The Kier molecular flexibility index (Phi) is 3.42. The van der Waals surface area contributed by atoms with Gasteiger partial charge in [-0.15, -0.1) is 0 Å². The quantitative estimate of drug-likeness (QED) is 0.687. The van der Waals surface area contributed by atoms with Gasteiger partial charge in [-0.05, 0) is 36.3 Å². The van der Waals surface area contributed by atoms with Crippen molar-refractivity contribution in [1.29, 1.82) is 0 Å². The first kappa shape index (κ1) is 11.4. The van der Waals surface area contributed by atoms with Crippen molar-refractivity contribution in [2.24, 2.45) is 5.92 Å². The van der Waals surface area contributed by atoms with Crippen LogP contribution in [0.1, 0.15) is 54.6 Å². The molecule has 0 aromatic heterocycles. The van der Waals surface area contributed by atoms with Crippen LogP contribution in [0.15, 0.2) is 18.2 Å². The molecule has 0 fully saturated rings. The number of ketones is 1. The number of fused-ring (bicyclic) bond motifs is 1. The second kappa shape index (κ2) is 4.82. The van der Waals surface area contributed by atoms with Gasteiger partial charge in [0.2, 0.25) is 0 Å². The van der Waals surface area contributed by atoms with Gasteiger partial charge in [0.25, 0.3) is 0 Å². The van der Waals surface area contributed by atoms with Crippen LogP contribution in [0.3, 0.4) is 0 Å². The molecule has 16 heavy (non-hydrogen) atoms. The van der Waals surface area contributed by atoms with Gasteiger partial charge in [-0.3, -0.25) is 4.79 Å². The Morgan fingerprint density at radius 3 is 2.81 bits per heavy atom. The zero-order chi connectivity index (χ0) is 11.5. The van der Waals surface area contributed by atoms with Gasteiger partial charge in [-0.2, -0.15) is 0 Å². The maximum atomic E-state index is 12.3. The zero-order valence-corrected chi connectivity index (χ0v) is 10.3. The van der Waals surface area contributed by atoms with Crippen LogP contribution in [0.5, 0.6) is 0 Å². The molecule has 0 aliphatic heterocycles. The summed E-state index contributed by atoms with van der Waals surface area (Å²) in [6.07, 6.45) is 5.09. The Morgan fingerprint density at radius 1 is 1.31 bits per heavy atom. The van der Waals surface area contributed by atoms with Gasteiger partial charge in [0.15, 0.2) is 5.78 Å². The lowest BCUT2D eigenvalue weighted by molar-refractivity contribution is 0.0961. The van der Waals surface area contributed by atoms with E-state index in [1.54, 1.807) is 0 Å². The fraction of sp³-hybridized carbons (Fsp3) is 0.533. The van der Waals surface area contributed by atoms with Crippen LogP contribution < -0.4 is 0 Å². The van der Waals surface area contributed by atoms with Crippen LogP contribution >= 0.6 is 0 Å². The highest BCUT2D eigenvalue weighted by Gasteiger charge is 2.22. The van der Waals surface area contributed by atoms with Crippen molar-refractivity contribution in [3.63, 3.8) is 0 Å². The first-order valence-electron chi connectivity index (χ1n) is 6.40. The molecule has 1 aromatic carbocycles. The van der Waals surface area contributed by atoms with Crippen molar-refractivity contribution in [3.8, 4) is 0 Å². The first-order chi connectivity index (χ1) is 7.76. The number of carbonyl (C=O) groups is 1. The first-order valence-corrected chi connectivity index (χ1v) is 6.40. The molecule has 1 aromatic rings.